The highest BCUT2D eigenvalue weighted by atomic mass is 16.2. The minimum atomic E-state index is -0.209. The van der Waals surface area contributed by atoms with Crippen LogP contribution in [0, 0.1) is 12.8 Å². The van der Waals surface area contributed by atoms with E-state index in [0.717, 1.165) is 22.0 Å². The molecule has 0 radical (unpaired) electrons. The SMILES string of the molecule is Cc1ccc(N2CC(CNC(=O)NCc3cccc4ccccc34)CC2=O)cc1. The molecule has 0 bridgehead atoms. The number of carbonyl (C=O) groups excluding carboxylic acids is 2. The number of urea groups is 1. The zero-order valence-electron chi connectivity index (χ0n) is 16.5. The quantitative estimate of drug-likeness (QED) is 0.695. The minimum absolute atomic E-state index is 0.108. The summed E-state index contributed by atoms with van der Waals surface area (Å²) in [7, 11) is 0. The molecule has 5 heteroatoms. The topological polar surface area (TPSA) is 61.4 Å². The fraction of sp³-hybridized carbons (Fsp3) is 0.250. The zero-order valence-corrected chi connectivity index (χ0v) is 16.5. The third-order valence-corrected chi connectivity index (χ3v) is 5.42. The summed E-state index contributed by atoms with van der Waals surface area (Å²) in [4.78, 5) is 26.4. The number of carbonyl (C=O) groups is 2. The van der Waals surface area contributed by atoms with Crippen molar-refractivity contribution in [3.63, 3.8) is 0 Å². The van der Waals surface area contributed by atoms with Crippen molar-refractivity contribution in [1.82, 2.24) is 10.6 Å². The molecule has 1 atom stereocenters. The number of fused-ring (bicyclic) bond motifs is 1. The molecule has 1 heterocycles. The van der Waals surface area contributed by atoms with Gasteiger partial charge in [0.2, 0.25) is 5.91 Å². The number of hydrogen-bond donors (Lipinski definition) is 2. The van der Waals surface area contributed by atoms with Crippen LogP contribution in [-0.4, -0.2) is 25.0 Å². The number of anilines is 1. The highest BCUT2D eigenvalue weighted by Gasteiger charge is 2.30. The van der Waals surface area contributed by atoms with E-state index >= 15 is 0 Å². The van der Waals surface area contributed by atoms with Gasteiger partial charge in [-0.3, -0.25) is 4.79 Å². The van der Waals surface area contributed by atoms with Gasteiger partial charge in [0.25, 0.3) is 0 Å². The smallest absolute Gasteiger partial charge is 0.315 e. The molecule has 1 saturated heterocycles. The Morgan fingerprint density at radius 2 is 1.76 bits per heavy atom. The molecule has 1 fully saturated rings. The predicted octanol–water partition coefficient (Wildman–Crippen LogP) is 4.00. The maximum Gasteiger partial charge on any atom is 0.315 e. The van der Waals surface area contributed by atoms with Gasteiger partial charge in [0.15, 0.2) is 0 Å². The van der Waals surface area contributed by atoms with Crippen molar-refractivity contribution in [2.24, 2.45) is 5.92 Å². The van der Waals surface area contributed by atoms with Gasteiger partial charge in [-0.15, -0.1) is 0 Å². The van der Waals surface area contributed by atoms with Crippen molar-refractivity contribution in [1.29, 1.82) is 0 Å². The average molecular weight is 387 g/mol. The standard InChI is InChI=1S/C24H25N3O2/c1-17-9-11-21(12-10-17)27-16-18(13-23(27)28)14-25-24(29)26-15-20-7-4-6-19-5-2-3-8-22(19)20/h2-12,18H,13-16H2,1H3,(H2,25,26,29). The van der Waals surface area contributed by atoms with Gasteiger partial charge >= 0.3 is 6.03 Å². The van der Waals surface area contributed by atoms with Crippen LogP contribution >= 0.6 is 0 Å². The first kappa shape index (κ1) is 19.0. The normalized spacial score (nSPS) is 16.2. The Balaban J connectivity index is 1.29. The van der Waals surface area contributed by atoms with Gasteiger partial charge < -0.3 is 15.5 Å². The summed E-state index contributed by atoms with van der Waals surface area (Å²) >= 11 is 0. The third-order valence-electron chi connectivity index (χ3n) is 5.42. The number of nitrogens with zero attached hydrogens (tertiary/aromatic N) is 1. The van der Waals surface area contributed by atoms with Crippen LogP contribution in [-0.2, 0) is 11.3 Å². The molecule has 29 heavy (non-hydrogen) atoms. The number of amides is 3. The van der Waals surface area contributed by atoms with Crippen molar-refractivity contribution in [2.45, 2.75) is 19.9 Å². The summed E-state index contributed by atoms with van der Waals surface area (Å²) in [6.07, 6.45) is 0.456. The number of benzene rings is 3. The van der Waals surface area contributed by atoms with E-state index in [0.29, 0.717) is 26.1 Å². The molecule has 3 aromatic carbocycles. The van der Waals surface area contributed by atoms with E-state index in [4.69, 9.17) is 0 Å². The maximum atomic E-state index is 12.3. The second-order valence-electron chi connectivity index (χ2n) is 7.61. The monoisotopic (exact) mass is 387 g/mol. The van der Waals surface area contributed by atoms with E-state index in [1.54, 1.807) is 4.90 Å². The molecule has 148 valence electrons. The summed E-state index contributed by atoms with van der Waals surface area (Å²) < 4.78 is 0. The summed E-state index contributed by atoms with van der Waals surface area (Å²) in [6, 6.07) is 22.0. The summed E-state index contributed by atoms with van der Waals surface area (Å²) in [5.74, 6) is 0.226. The van der Waals surface area contributed by atoms with Crippen LogP contribution in [0.3, 0.4) is 0 Å². The number of rotatable bonds is 5. The van der Waals surface area contributed by atoms with Crippen LogP contribution in [0.1, 0.15) is 17.5 Å². The molecule has 0 aliphatic carbocycles. The van der Waals surface area contributed by atoms with Gasteiger partial charge in [-0.05, 0) is 35.4 Å². The summed E-state index contributed by atoms with van der Waals surface area (Å²) in [5, 5.41) is 8.15. The highest BCUT2D eigenvalue weighted by Crippen LogP contribution is 2.25. The molecular formula is C24H25N3O2. The fourth-order valence-corrected chi connectivity index (χ4v) is 3.81. The molecule has 1 aliphatic heterocycles. The first-order valence-electron chi connectivity index (χ1n) is 9.95. The molecule has 3 aromatic rings. The molecular weight excluding hydrogens is 362 g/mol. The van der Waals surface area contributed by atoms with Crippen LogP contribution in [0.5, 0.6) is 0 Å². The third kappa shape index (κ3) is 4.40. The lowest BCUT2D eigenvalue weighted by Crippen LogP contribution is -2.38. The average Bonchev–Trinajstić information content (AvgIpc) is 3.12. The van der Waals surface area contributed by atoms with E-state index in [9.17, 15) is 9.59 Å². The molecule has 5 nitrogen and oxygen atoms in total. The van der Waals surface area contributed by atoms with E-state index < -0.39 is 0 Å². The van der Waals surface area contributed by atoms with Gasteiger partial charge in [-0.1, -0.05) is 60.2 Å². The number of hydrogen-bond acceptors (Lipinski definition) is 2. The van der Waals surface area contributed by atoms with Crippen LogP contribution in [0.25, 0.3) is 10.8 Å². The molecule has 0 spiro atoms. The number of nitrogens with one attached hydrogen (secondary N) is 2. The molecule has 1 unspecified atom stereocenters. The van der Waals surface area contributed by atoms with Crippen molar-refractivity contribution in [3.8, 4) is 0 Å². The Hall–Kier alpha value is -3.34. The molecule has 2 N–H and O–H groups in total. The van der Waals surface area contributed by atoms with Crippen LogP contribution in [0.2, 0.25) is 0 Å². The fourth-order valence-electron chi connectivity index (χ4n) is 3.81. The van der Waals surface area contributed by atoms with Crippen LogP contribution in [0.15, 0.2) is 66.7 Å². The molecule has 0 aromatic heterocycles. The predicted molar refractivity (Wildman–Crippen MR) is 116 cm³/mol. The van der Waals surface area contributed by atoms with E-state index in [-0.39, 0.29) is 17.9 Å². The second-order valence-corrected chi connectivity index (χ2v) is 7.61. The van der Waals surface area contributed by atoms with Crippen LogP contribution in [0.4, 0.5) is 10.5 Å². The van der Waals surface area contributed by atoms with Gasteiger partial charge in [-0.2, -0.15) is 0 Å². The second kappa shape index (κ2) is 8.35. The first-order valence-corrected chi connectivity index (χ1v) is 9.95. The van der Waals surface area contributed by atoms with Gasteiger partial charge in [0, 0.05) is 37.7 Å². The largest absolute Gasteiger partial charge is 0.338 e. The Kier molecular flexibility index (Phi) is 5.47. The summed E-state index contributed by atoms with van der Waals surface area (Å²) in [6.45, 7) is 3.60. The van der Waals surface area contributed by atoms with Crippen molar-refractivity contribution in [3.05, 3.63) is 77.9 Å². The van der Waals surface area contributed by atoms with Gasteiger partial charge in [-0.25, -0.2) is 4.79 Å². The molecule has 1 aliphatic rings. The van der Waals surface area contributed by atoms with E-state index in [2.05, 4.69) is 28.8 Å². The lowest BCUT2D eigenvalue weighted by atomic mass is 10.0. The Morgan fingerprint density at radius 3 is 2.59 bits per heavy atom. The van der Waals surface area contributed by atoms with E-state index in [1.807, 2.05) is 55.5 Å². The molecule has 3 amide bonds. The lowest BCUT2D eigenvalue weighted by molar-refractivity contribution is -0.117. The Morgan fingerprint density at radius 1 is 1.00 bits per heavy atom. The maximum absolute atomic E-state index is 12.3. The van der Waals surface area contributed by atoms with Gasteiger partial charge in [0.05, 0.1) is 0 Å². The van der Waals surface area contributed by atoms with Gasteiger partial charge in [0.1, 0.15) is 0 Å². The number of aryl methyl sites for hydroxylation is 1. The van der Waals surface area contributed by atoms with E-state index in [1.165, 1.54) is 5.56 Å². The summed E-state index contributed by atoms with van der Waals surface area (Å²) in [5.41, 5.74) is 3.17. The lowest BCUT2D eigenvalue weighted by Gasteiger charge is -2.17. The highest BCUT2D eigenvalue weighted by molar-refractivity contribution is 5.95. The molecule has 0 saturated carbocycles. The van der Waals surface area contributed by atoms with Crippen LogP contribution < -0.4 is 15.5 Å². The Bertz CT molecular complexity index is 1020. The van der Waals surface area contributed by atoms with Crippen molar-refractivity contribution < 1.29 is 9.59 Å². The molecule has 4 rings (SSSR count). The first-order chi connectivity index (χ1) is 14.1. The zero-order chi connectivity index (χ0) is 20.2. The van der Waals surface area contributed by atoms with Crippen molar-refractivity contribution >= 4 is 28.4 Å². The Labute approximate surface area is 170 Å². The minimum Gasteiger partial charge on any atom is -0.338 e. The van der Waals surface area contributed by atoms with Crippen molar-refractivity contribution in [2.75, 3.05) is 18.0 Å².